The topological polar surface area (TPSA) is 60.1 Å². The van der Waals surface area contributed by atoms with Gasteiger partial charge in [-0.15, -0.1) is 5.10 Å². The summed E-state index contributed by atoms with van der Waals surface area (Å²) >= 11 is 0. The molecule has 0 spiro atoms. The fourth-order valence-electron chi connectivity index (χ4n) is 3.05. The molecule has 5 nitrogen and oxygen atoms in total. The number of nitrogens with zero attached hydrogens (tertiary/aromatic N) is 4. The highest BCUT2D eigenvalue weighted by molar-refractivity contribution is 5.98. The van der Waals surface area contributed by atoms with Crippen LogP contribution in [0.15, 0.2) is 30.5 Å². The van der Waals surface area contributed by atoms with Crippen molar-refractivity contribution in [3.8, 4) is 0 Å². The Morgan fingerprint density at radius 1 is 1.22 bits per heavy atom. The fraction of sp³-hybridized carbons (Fsp3) is 0.294. The minimum atomic E-state index is -0.272. The Labute approximate surface area is 132 Å². The maximum atomic E-state index is 13.1. The number of carbonyl (C=O) groups excluding carboxylic acids is 1. The first-order valence-electron chi connectivity index (χ1n) is 7.68. The van der Waals surface area contributed by atoms with Crippen LogP contribution in [0.4, 0.5) is 4.39 Å². The van der Waals surface area contributed by atoms with Crippen LogP contribution in [0.2, 0.25) is 0 Å². The molecule has 1 aliphatic rings. The minimum Gasteiger partial charge on any atom is -0.294 e. The van der Waals surface area contributed by atoms with Gasteiger partial charge in [0.2, 0.25) is 0 Å². The molecule has 0 saturated carbocycles. The van der Waals surface area contributed by atoms with Crippen LogP contribution in [0.25, 0.3) is 5.78 Å². The van der Waals surface area contributed by atoms with Gasteiger partial charge >= 0.3 is 0 Å². The molecule has 0 radical (unpaired) electrons. The largest absolute Gasteiger partial charge is 0.294 e. The summed E-state index contributed by atoms with van der Waals surface area (Å²) in [4.78, 5) is 21.4. The third-order valence-electron chi connectivity index (χ3n) is 4.28. The van der Waals surface area contributed by atoms with Crippen molar-refractivity contribution < 1.29 is 9.18 Å². The van der Waals surface area contributed by atoms with E-state index in [1.165, 1.54) is 12.1 Å². The lowest BCUT2D eigenvalue weighted by molar-refractivity contribution is 0.0962. The third kappa shape index (κ3) is 2.40. The van der Waals surface area contributed by atoms with Crippen molar-refractivity contribution >= 4 is 11.6 Å². The molecule has 0 bridgehead atoms. The molecule has 4 rings (SSSR count). The summed E-state index contributed by atoms with van der Waals surface area (Å²) in [6.07, 6.45) is 3.51. The fourth-order valence-corrected chi connectivity index (χ4v) is 3.05. The molecule has 0 N–H and O–H groups in total. The van der Waals surface area contributed by atoms with Crippen LogP contribution in [0.5, 0.6) is 0 Å². The van der Waals surface area contributed by atoms with Crippen LogP contribution in [-0.4, -0.2) is 25.4 Å². The number of hydrogen-bond donors (Lipinski definition) is 0. The van der Waals surface area contributed by atoms with Crippen LogP contribution in [0.3, 0.4) is 0 Å². The van der Waals surface area contributed by atoms with E-state index in [0.29, 0.717) is 30.0 Å². The number of fused-ring (bicyclic) bond motifs is 2. The number of aromatic nitrogens is 4. The molecule has 0 unspecified atom stereocenters. The van der Waals surface area contributed by atoms with Crippen LogP contribution in [0, 0.1) is 5.82 Å². The van der Waals surface area contributed by atoms with Crippen LogP contribution < -0.4 is 0 Å². The van der Waals surface area contributed by atoms with Crippen molar-refractivity contribution in [3.05, 3.63) is 58.9 Å². The van der Waals surface area contributed by atoms with Crippen molar-refractivity contribution in [2.45, 2.75) is 32.1 Å². The first-order chi connectivity index (χ1) is 11.1. The van der Waals surface area contributed by atoms with Gasteiger partial charge in [-0.05, 0) is 30.0 Å². The molecule has 1 aromatic carbocycles. The average molecular weight is 310 g/mol. The molecule has 23 heavy (non-hydrogen) atoms. The minimum absolute atomic E-state index is 0.0270. The second kappa shape index (κ2) is 5.22. The Hall–Kier alpha value is -2.63. The van der Waals surface area contributed by atoms with Crippen LogP contribution in [0.1, 0.15) is 46.7 Å². The van der Waals surface area contributed by atoms with E-state index in [1.807, 2.05) is 6.92 Å². The second-order valence-electron chi connectivity index (χ2n) is 5.81. The Balaban J connectivity index is 1.75. The number of halogens is 1. The zero-order valence-electron chi connectivity index (χ0n) is 12.7. The van der Waals surface area contributed by atoms with Gasteiger partial charge in [-0.25, -0.2) is 13.9 Å². The molecular weight excluding hydrogens is 295 g/mol. The molecule has 2 aromatic heterocycles. The van der Waals surface area contributed by atoms with Gasteiger partial charge in [0.05, 0.1) is 11.3 Å². The Morgan fingerprint density at radius 3 is 2.74 bits per heavy atom. The van der Waals surface area contributed by atoms with Gasteiger partial charge in [0.1, 0.15) is 5.82 Å². The number of benzene rings is 1. The zero-order chi connectivity index (χ0) is 16.0. The predicted octanol–water partition coefficient (Wildman–Crippen LogP) is 2.74. The van der Waals surface area contributed by atoms with E-state index in [9.17, 15) is 9.18 Å². The summed E-state index contributed by atoms with van der Waals surface area (Å²) in [6, 6.07) is 6.34. The van der Waals surface area contributed by atoms with Gasteiger partial charge in [-0.2, -0.15) is 4.98 Å². The highest BCUT2D eigenvalue weighted by atomic mass is 19.1. The number of carbonyl (C=O) groups is 1. The second-order valence-corrected chi connectivity index (χ2v) is 5.81. The van der Waals surface area contributed by atoms with Crippen molar-refractivity contribution in [2.24, 2.45) is 0 Å². The van der Waals surface area contributed by atoms with Gasteiger partial charge in [0.15, 0.2) is 11.6 Å². The number of rotatable bonds is 2. The molecule has 6 heteroatoms. The van der Waals surface area contributed by atoms with E-state index in [2.05, 4.69) is 15.1 Å². The van der Waals surface area contributed by atoms with Crippen molar-refractivity contribution in [3.63, 3.8) is 0 Å². The summed E-state index contributed by atoms with van der Waals surface area (Å²) in [7, 11) is 0. The summed E-state index contributed by atoms with van der Waals surface area (Å²) in [6.45, 7) is 1.98. The van der Waals surface area contributed by atoms with Crippen molar-refractivity contribution in [1.82, 2.24) is 19.6 Å². The third-order valence-corrected chi connectivity index (χ3v) is 4.28. The highest BCUT2D eigenvalue weighted by Gasteiger charge is 2.28. The number of aryl methyl sites for hydroxylation is 1. The van der Waals surface area contributed by atoms with E-state index in [1.54, 1.807) is 22.8 Å². The number of hydrogen-bond acceptors (Lipinski definition) is 4. The summed E-state index contributed by atoms with van der Waals surface area (Å²) in [5, 5.41) is 4.31. The molecule has 3 aromatic rings. The average Bonchev–Trinajstić information content (AvgIpc) is 2.96. The van der Waals surface area contributed by atoms with E-state index in [-0.39, 0.29) is 17.5 Å². The molecule has 2 heterocycles. The molecule has 1 aliphatic carbocycles. The lowest BCUT2D eigenvalue weighted by Crippen LogP contribution is -2.21. The predicted molar refractivity (Wildman–Crippen MR) is 82.0 cm³/mol. The maximum Gasteiger partial charge on any atom is 0.252 e. The molecule has 0 fully saturated rings. The van der Waals surface area contributed by atoms with Crippen molar-refractivity contribution in [2.75, 3.05) is 0 Å². The van der Waals surface area contributed by atoms with Crippen molar-refractivity contribution in [1.29, 1.82) is 0 Å². The Morgan fingerprint density at radius 2 is 2.00 bits per heavy atom. The maximum absolute atomic E-state index is 13.1. The highest BCUT2D eigenvalue weighted by Crippen LogP contribution is 2.32. The number of Topliss-reactive ketones (excluding diaryl/α,β-unsaturated/α-hetero) is 1. The van der Waals surface area contributed by atoms with E-state index < -0.39 is 0 Å². The molecule has 116 valence electrons. The monoisotopic (exact) mass is 310 g/mol. The van der Waals surface area contributed by atoms with Gasteiger partial charge < -0.3 is 0 Å². The molecule has 0 amide bonds. The SMILES string of the molecule is CCc1nc2nc3c(cn2n1)C(=O)C[C@H](c1ccc(F)cc1)C3. The first-order valence-corrected chi connectivity index (χ1v) is 7.68. The molecule has 0 saturated heterocycles. The van der Waals surface area contributed by atoms with Crippen LogP contribution >= 0.6 is 0 Å². The Bertz CT molecular complexity index is 901. The van der Waals surface area contributed by atoms with Gasteiger partial charge in [-0.1, -0.05) is 19.1 Å². The zero-order valence-corrected chi connectivity index (χ0v) is 12.7. The lowest BCUT2D eigenvalue weighted by atomic mass is 9.82. The van der Waals surface area contributed by atoms with Gasteiger partial charge in [0, 0.05) is 19.0 Å². The normalized spacial score (nSPS) is 17.5. The molecular formula is C17H15FN4O. The van der Waals surface area contributed by atoms with E-state index >= 15 is 0 Å². The molecule has 1 atom stereocenters. The summed E-state index contributed by atoms with van der Waals surface area (Å²) in [5.41, 5.74) is 2.32. The molecule has 0 aliphatic heterocycles. The smallest absolute Gasteiger partial charge is 0.252 e. The summed E-state index contributed by atoms with van der Waals surface area (Å²) < 4.78 is 14.7. The van der Waals surface area contributed by atoms with E-state index in [4.69, 9.17) is 0 Å². The standard InChI is InChI=1S/C17H15FN4O/c1-2-16-20-17-19-14-7-11(10-3-5-12(18)6-4-10)8-15(23)13(14)9-22(17)21-16/h3-6,9,11H,2,7-8H2,1H3/t11-/m1/s1. The lowest BCUT2D eigenvalue weighted by Gasteiger charge is -2.23. The quantitative estimate of drug-likeness (QED) is 0.730. The Kier molecular flexibility index (Phi) is 3.18. The first kappa shape index (κ1) is 14.0. The van der Waals surface area contributed by atoms with Crippen LogP contribution in [-0.2, 0) is 12.8 Å². The van der Waals surface area contributed by atoms with E-state index in [0.717, 1.165) is 17.7 Å². The van der Waals surface area contributed by atoms with Gasteiger partial charge in [0.25, 0.3) is 5.78 Å². The van der Waals surface area contributed by atoms with Gasteiger partial charge in [-0.3, -0.25) is 4.79 Å². The summed E-state index contributed by atoms with van der Waals surface area (Å²) in [5.74, 6) is 1.03. The number of ketones is 1.